The quantitative estimate of drug-likeness (QED) is 0.828. The molecule has 0 saturated heterocycles. The molecule has 3 rings (SSSR count). The van der Waals surface area contributed by atoms with Gasteiger partial charge in [-0.25, -0.2) is 0 Å². The molecule has 1 saturated carbocycles. The number of hydrogen-bond acceptors (Lipinski definition) is 1. The molecular formula is C19H25N. The van der Waals surface area contributed by atoms with Gasteiger partial charge in [0, 0.05) is 6.04 Å². The smallest absolute Gasteiger partial charge is 0.0348 e. The van der Waals surface area contributed by atoms with Crippen LogP contribution in [-0.2, 0) is 0 Å². The van der Waals surface area contributed by atoms with E-state index in [-0.39, 0.29) is 0 Å². The Bertz CT molecular complexity index is 575. The van der Waals surface area contributed by atoms with E-state index < -0.39 is 0 Å². The van der Waals surface area contributed by atoms with Crippen LogP contribution < -0.4 is 5.32 Å². The molecule has 20 heavy (non-hydrogen) atoms. The number of rotatable bonds is 4. The summed E-state index contributed by atoms with van der Waals surface area (Å²) in [5.41, 5.74) is 1.46. The summed E-state index contributed by atoms with van der Waals surface area (Å²) in [6, 6.07) is 16.2. The molecule has 0 spiro atoms. The van der Waals surface area contributed by atoms with Crippen LogP contribution in [0, 0.1) is 11.8 Å². The van der Waals surface area contributed by atoms with E-state index in [9.17, 15) is 0 Å². The van der Waals surface area contributed by atoms with Crippen molar-refractivity contribution < 1.29 is 0 Å². The Morgan fingerprint density at radius 1 is 1.10 bits per heavy atom. The van der Waals surface area contributed by atoms with E-state index in [4.69, 9.17) is 0 Å². The van der Waals surface area contributed by atoms with Crippen LogP contribution in [0.4, 0.5) is 0 Å². The molecule has 0 aliphatic heterocycles. The molecule has 1 fully saturated rings. The lowest BCUT2D eigenvalue weighted by molar-refractivity contribution is 0.365. The first-order valence-electron chi connectivity index (χ1n) is 8.00. The monoisotopic (exact) mass is 267 g/mol. The van der Waals surface area contributed by atoms with Gasteiger partial charge in [-0.3, -0.25) is 0 Å². The second-order valence-electron chi connectivity index (χ2n) is 6.32. The highest BCUT2D eigenvalue weighted by Gasteiger charge is 2.29. The SMILES string of the molecule is CCNC(c1ccc2ccccc2c1)C1CCC(C)C1. The van der Waals surface area contributed by atoms with Crippen LogP contribution in [0.5, 0.6) is 0 Å². The van der Waals surface area contributed by atoms with Crippen molar-refractivity contribution in [3.63, 3.8) is 0 Å². The highest BCUT2D eigenvalue weighted by molar-refractivity contribution is 5.83. The zero-order valence-corrected chi connectivity index (χ0v) is 12.6. The van der Waals surface area contributed by atoms with E-state index in [0.717, 1.165) is 18.4 Å². The van der Waals surface area contributed by atoms with Gasteiger partial charge in [-0.1, -0.05) is 56.7 Å². The molecule has 1 aliphatic carbocycles. The summed E-state index contributed by atoms with van der Waals surface area (Å²) in [5, 5.41) is 6.43. The lowest BCUT2D eigenvalue weighted by Crippen LogP contribution is -2.27. The molecule has 0 bridgehead atoms. The number of nitrogens with one attached hydrogen (secondary N) is 1. The number of fused-ring (bicyclic) bond motifs is 1. The third-order valence-corrected chi connectivity index (χ3v) is 4.76. The van der Waals surface area contributed by atoms with E-state index in [2.05, 4.69) is 61.6 Å². The molecule has 3 unspecified atom stereocenters. The predicted molar refractivity (Wildman–Crippen MR) is 86.9 cm³/mol. The van der Waals surface area contributed by atoms with Crippen molar-refractivity contribution in [2.45, 2.75) is 39.2 Å². The minimum atomic E-state index is 0.523. The largest absolute Gasteiger partial charge is 0.310 e. The summed E-state index contributed by atoms with van der Waals surface area (Å²) >= 11 is 0. The Morgan fingerprint density at radius 2 is 1.90 bits per heavy atom. The average molecular weight is 267 g/mol. The first-order valence-corrected chi connectivity index (χ1v) is 8.00. The molecule has 2 aromatic carbocycles. The summed E-state index contributed by atoms with van der Waals surface area (Å²) < 4.78 is 0. The molecule has 1 nitrogen and oxygen atoms in total. The molecule has 106 valence electrons. The third-order valence-electron chi connectivity index (χ3n) is 4.76. The summed E-state index contributed by atoms with van der Waals surface area (Å²) in [4.78, 5) is 0. The molecule has 1 heteroatoms. The van der Waals surface area contributed by atoms with Crippen molar-refractivity contribution in [1.29, 1.82) is 0 Å². The number of benzene rings is 2. The highest BCUT2D eigenvalue weighted by atomic mass is 14.9. The van der Waals surface area contributed by atoms with Crippen LogP contribution in [0.1, 0.15) is 44.7 Å². The van der Waals surface area contributed by atoms with Gasteiger partial charge in [0.1, 0.15) is 0 Å². The van der Waals surface area contributed by atoms with Gasteiger partial charge in [-0.2, -0.15) is 0 Å². The predicted octanol–water partition coefficient (Wildman–Crippen LogP) is 4.93. The standard InChI is InChI=1S/C19H25N/c1-3-20-19(17-9-8-14(2)12-17)18-11-10-15-6-4-5-7-16(15)13-18/h4-7,10-11,13-14,17,19-20H,3,8-9,12H2,1-2H3. The maximum Gasteiger partial charge on any atom is 0.0348 e. The maximum absolute atomic E-state index is 3.73. The fraction of sp³-hybridized carbons (Fsp3) is 0.474. The van der Waals surface area contributed by atoms with E-state index in [1.54, 1.807) is 0 Å². The van der Waals surface area contributed by atoms with Crippen molar-refractivity contribution in [3.05, 3.63) is 48.0 Å². The minimum Gasteiger partial charge on any atom is -0.310 e. The Labute approximate surface area is 122 Å². The van der Waals surface area contributed by atoms with Crippen molar-refractivity contribution in [1.82, 2.24) is 5.32 Å². The summed E-state index contributed by atoms with van der Waals surface area (Å²) in [6.07, 6.45) is 4.12. The van der Waals surface area contributed by atoms with Gasteiger partial charge in [0.15, 0.2) is 0 Å². The molecular weight excluding hydrogens is 242 g/mol. The Hall–Kier alpha value is -1.34. The summed E-state index contributed by atoms with van der Waals surface area (Å²) in [6.45, 7) is 5.65. The Kier molecular flexibility index (Phi) is 4.07. The molecule has 0 heterocycles. The first-order chi connectivity index (χ1) is 9.78. The topological polar surface area (TPSA) is 12.0 Å². The summed E-state index contributed by atoms with van der Waals surface area (Å²) in [5.74, 6) is 1.69. The second kappa shape index (κ2) is 5.97. The molecule has 2 aromatic rings. The van der Waals surface area contributed by atoms with Gasteiger partial charge in [0.25, 0.3) is 0 Å². The lowest BCUT2D eigenvalue weighted by Gasteiger charge is -2.25. The van der Waals surface area contributed by atoms with E-state index >= 15 is 0 Å². The van der Waals surface area contributed by atoms with Crippen LogP contribution in [0.15, 0.2) is 42.5 Å². The van der Waals surface area contributed by atoms with Crippen LogP contribution in [-0.4, -0.2) is 6.54 Å². The van der Waals surface area contributed by atoms with Crippen LogP contribution >= 0.6 is 0 Å². The summed E-state index contributed by atoms with van der Waals surface area (Å²) in [7, 11) is 0. The minimum absolute atomic E-state index is 0.523. The fourth-order valence-electron chi connectivity index (χ4n) is 3.73. The molecule has 3 atom stereocenters. The van der Waals surface area contributed by atoms with Crippen molar-refractivity contribution >= 4 is 10.8 Å². The number of hydrogen-bond donors (Lipinski definition) is 1. The van der Waals surface area contributed by atoms with Gasteiger partial charge in [0.2, 0.25) is 0 Å². The Balaban J connectivity index is 1.92. The molecule has 1 aliphatic rings. The fourth-order valence-corrected chi connectivity index (χ4v) is 3.73. The van der Waals surface area contributed by atoms with Crippen LogP contribution in [0.25, 0.3) is 10.8 Å². The highest BCUT2D eigenvalue weighted by Crippen LogP contribution is 2.39. The average Bonchev–Trinajstić information content (AvgIpc) is 2.90. The van der Waals surface area contributed by atoms with Gasteiger partial charge in [0.05, 0.1) is 0 Å². The normalized spacial score (nSPS) is 24.1. The van der Waals surface area contributed by atoms with Crippen molar-refractivity contribution in [3.8, 4) is 0 Å². The Morgan fingerprint density at radius 3 is 2.60 bits per heavy atom. The lowest BCUT2D eigenvalue weighted by atomic mass is 9.89. The van der Waals surface area contributed by atoms with Gasteiger partial charge in [-0.15, -0.1) is 0 Å². The van der Waals surface area contributed by atoms with Gasteiger partial charge >= 0.3 is 0 Å². The zero-order chi connectivity index (χ0) is 13.9. The van der Waals surface area contributed by atoms with Crippen molar-refractivity contribution in [2.24, 2.45) is 11.8 Å². The van der Waals surface area contributed by atoms with Gasteiger partial charge in [-0.05, 0) is 53.6 Å². The van der Waals surface area contributed by atoms with E-state index in [0.29, 0.717) is 6.04 Å². The molecule has 0 radical (unpaired) electrons. The van der Waals surface area contributed by atoms with Crippen molar-refractivity contribution in [2.75, 3.05) is 6.54 Å². The second-order valence-corrected chi connectivity index (χ2v) is 6.32. The van der Waals surface area contributed by atoms with Gasteiger partial charge < -0.3 is 5.32 Å². The maximum atomic E-state index is 3.73. The zero-order valence-electron chi connectivity index (χ0n) is 12.6. The molecule has 1 N–H and O–H groups in total. The molecule has 0 aromatic heterocycles. The van der Waals surface area contributed by atoms with Crippen LogP contribution in [0.3, 0.4) is 0 Å². The first kappa shape index (κ1) is 13.6. The van der Waals surface area contributed by atoms with E-state index in [1.807, 2.05) is 0 Å². The van der Waals surface area contributed by atoms with E-state index in [1.165, 1.54) is 35.6 Å². The van der Waals surface area contributed by atoms with Crippen LogP contribution in [0.2, 0.25) is 0 Å². The molecule has 0 amide bonds. The third kappa shape index (κ3) is 2.73.